The third kappa shape index (κ3) is 1.97. The summed E-state index contributed by atoms with van der Waals surface area (Å²) < 4.78 is 13.2. The quantitative estimate of drug-likeness (QED) is 0.734. The standard InChI is InChI=1S/C15H10FNO2/c16-11-3-1-2-9(6-11)10-4-5-12-13(15(18)19)8-17-14(12)7-10/h1-8,17H,(H,18,19). The number of hydrogen-bond acceptors (Lipinski definition) is 1. The Labute approximate surface area is 108 Å². The summed E-state index contributed by atoms with van der Waals surface area (Å²) in [4.78, 5) is 13.9. The summed E-state index contributed by atoms with van der Waals surface area (Å²) in [5.41, 5.74) is 2.55. The van der Waals surface area contributed by atoms with Gasteiger partial charge in [-0.15, -0.1) is 0 Å². The zero-order chi connectivity index (χ0) is 13.4. The number of aromatic amines is 1. The topological polar surface area (TPSA) is 53.1 Å². The van der Waals surface area contributed by atoms with E-state index in [1.165, 1.54) is 18.3 Å². The number of nitrogens with one attached hydrogen (secondary N) is 1. The van der Waals surface area contributed by atoms with Crippen LogP contribution < -0.4 is 0 Å². The van der Waals surface area contributed by atoms with Crippen molar-refractivity contribution in [2.45, 2.75) is 0 Å². The van der Waals surface area contributed by atoms with Crippen molar-refractivity contribution in [2.75, 3.05) is 0 Å². The molecule has 0 aliphatic heterocycles. The molecule has 0 atom stereocenters. The van der Waals surface area contributed by atoms with Gasteiger partial charge in [0, 0.05) is 17.1 Å². The number of carboxylic acid groups (broad SMARTS) is 1. The Kier molecular flexibility index (Phi) is 2.56. The number of carboxylic acids is 1. The molecule has 0 unspecified atom stereocenters. The molecule has 0 aliphatic rings. The first-order valence-corrected chi connectivity index (χ1v) is 5.75. The van der Waals surface area contributed by atoms with Crippen molar-refractivity contribution in [3.05, 3.63) is 60.0 Å². The van der Waals surface area contributed by atoms with E-state index in [0.29, 0.717) is 5.39 Å². The van der Waals surface area contributed by atoms with Crippen LogP contribution in [0, 0.1) is 5.82 Å². The van der Waals surface area contributed by atoms with Gasteiger partial charge in [-0.25, -0.2) is 9.18 Å². The van der Waals surface area contributed by atoms with Gasteiger partial charge in [0.25, 0.3) is 0 Å². The highest BCUT2D eigenvalue weighted by atomic mass is 19.1. The van der Waals surface area contributed by atoms with Crippen LogP contribution in [-0.4, -0.2) is 16.1 Å². The molecular weight excluding hydrogens is 245 g/mol. The lowest BCUT2D eigenvalue weighted by molar-refractivity contribution is 0.0699. The first-order chi connectivity index (χ1) is 9.15. The monoisotopic (exact) mass is 255 g/mol. The van der Waals surface area contributed by atoms with Crippen LogP contribution in [0.3, 0.4) is 0 Å². The Hall–Kier alpha value is -2.62. The van der Waals surface area contributed by atoms with E-state index in [-0.39, 0.29) is 11.4 Å². The van der Waals surface area contributed by atoms with E-state index in [2.05, 4.69) is 4.98 Å². The fourth-order valence-electron chi connectivity index (χ4n) is 2.15. The van der Waals surface area contributed by atoms with Gasteiger partial charge in [0.2, 0.25) is 0 Å². The van der Waals surface area contributed by atoms with E-state index in [1.54, 1.807) is 18.2 Å². The Balaban J connectivity index is 2.15. The number of benzene rings is 2. The molecule has 3 aromatic rings. The molecule has 3 nitrogen and oxygen atoms in total. The maximum atomic E-state index is 13.2. The molecule has 19 heavy (non-hydrogen) atoms. The minimum Gasteiger partial charge on any atom is -0.478 e. The number of H-pyrrole nitrogens is 1. The average Bonchev–Trinajstić information content (AvgIpc) is 2.81. The highest BCUT2D eigenvalue weighted by Crippen LogP contribution is 2.26. The summed E-state index contributed by atoms with van der Waals surface area (Å²) in [5.74, 6) is -1.26. The minimum atomic E-state index is -0.968. The van der Waals surface area contributed by atoms with E-state index < -0.39 is 5.97 Å². The van der Waals surface area contributed by atoms with E-state index in [9.17, 15) is 9.18 Å². The highest BCUT2D eigenvalue weighted by molar-refractivity contribution is 6.04. The predicted molar refractivity (Wildman–Crippen MR) is 70.7 cm³/mol. The zero-order valence-electron chi connectivity index (χ0n) is 9.85. The molecule has 0 bridgehead atoms. The summed E-state index contributed by atoms with van der Waals surface area (Å²) in [6.45, 7) is 0. The van der Waals surface area contributed by atoms with Crippen molar-refractivity contribution in [1.82, 2.24) is 4.98 Å². The molecule has 1 aromatic heterocycles. The van der Waals surface area contributed by atoms with Gasteiger partial charge in [0.1, 0.15) is 5.82 Å². The number of aromatic nitrogens is 1. The molecule has 0 radical (unpaired) electrons. The predicted octanol–water partition coefficient (Wildman–Crippen LogP) is 3.67. The van der Waals surface area contributed by atoms with Crippen LogP contribution in [0.2, 0.25) is 0 Å². The largest absolute Gasteiger partial charge is 0.478 e. The molecule has 0 amide bonds. The van der Waals surface area contributed by atoms with Crippen molar-refractivity contribution in [2.24, 2.45) is 0 Å². The lowest BCUT2D eigenvalue weighted by atomic mass is 10.0. The Morgan fingerprint density at radius 2 is 1.89 bits per heavy atom. The van der Waals surface area contributed by atoms with Gasteiger partial charge in [-0.1, -0.05) is 24.3 Å². The first-order valence-electron chi connectivity index (χ1n) is 5.75. The maximum absolute atomic E-state index is 13.2. The van der Waals surface area contributed by atoms with Crippen LogP contribution in [0.4, 0.5) is 4.39 Å². The van der Waals surface area contributed by atoms with E-state index in [4.69, 9.17) is 5.11 Å². The third-order valence-corrected chi connectivity index (χ3v) is 3.07. The number of hydrogen-bond donors (Lipinski definition) is 2. The van der Waals surface area contributed by atoms with Crippen LogP contribution in [0.1, 0.15) is 10.4 Å². The number of rotatable bonds is 2. The third-order valence-electron chi connectivity index (χ3n) is 3.07. The van der Waals surface area contributed by atoms with Gasteiger partial charge < -0.3 is 10.1 Å². The fraction of sp³-hybridized carbons (Fsp3) is 0. The Morgan fingerprint density at radius 3 is 2.63 bits per heavy atom. The van der Waals surface area contributed by atoms with E-state index >= 15 is 0 Å². The normalized spacial score (nSPS) is 10.8. The minimum absolute atomic E-state index is 0.237. The van der Waals surface area contributed by atoms with Crippen LogP contribution in [-0.2, 0) is 0 Å². The van der Waals surface area contributed by atoms with E-state index in [0.717, 1.165) is 16.6 Å². The highest BCUT2D eigenvalue weighted by Gasteiger charge is 2.10. The molecule has 2 N–H and O–H groups in total. The molecule has 0 fully saturated rings. The van der Waals surface area contributed by atoms with E-state index in [1.807, 2.05) is 12.1 Å². The maximum Gasteiger partial charge on any atom is 0.337 e. The number of halogens is 1. The molecule has 0 spiro atoms. The van der Waals surface area contributed by atoms with Crippen molar-refractivity contribution in [1.29, 1.82) is 0 Å². The van der Waals surface area contributed by atoms with Crippen LogP contribution >= 0.6 is 0 Å². The SMILES string of the molecule is O=C(O)c1c[nH]c2cc(-c3cccc(F)c3)ccc12. The van der Waals surface area contributed by atoms with Crippen LogP contribution in [0.25, 0.3) is 22.0 Å². The van der Waals surface area contributed by atoms with Crippen molar-refractivity contribution in [3.63, 3.8) is 0 Å². The molecule has 4 heteroatoms. The van der Waals surface area contributed by atoms with Gasteiger partial charge in [-0.05, 0) is 29.3 Å². The van der Waals surface area contributed by atoms with Crippen molar-refractivity contribution >= 4 is 16.9 Å². The smallest absolute Gasteiger partial charge is 0.337 e. The molecule has 0 saturated heterocycles. The summed E-state index contributed by atoms with van der Waals surface area (Å²) in [5, 5.41) is 9.67. The lowest BCUT2D eigenvalue weighted by Crippen LogP contribution is -1.93. The molecule has 1 heterocycles. The van der Waals surface area contributed by atoms with Crippen LogP contribution in [0.5, 0.6) is 0 Å². The average molecular weight is 255 g/mol. The van der Waals surface area contributed by atoms with Gasteiger partial charge in [0.15, 0.2) is 0 Å². The first kappa shape index (κ1) is 11.5. The van der Waals surface area contributed by atoms with Gasteiger partial charge >= 0.3 is 5.97 Å². The van der Waals surface area contributed by atoms with Crippen molar-refractivity contribution in [3.8, 4) is 11.1 Å². The van der Waals surface area contributed by atoms with Crippen molar-refractivity contribution < 1.29 is 14.3 Å². The molecule has 94 valence electrons. The molecule has 2 aromatic carbocycles. The summed E-state index contributed by atoms with van der Waals surface area (Å²) in [7, 11) is 0. The Morgan fingerprint density at radius 1 is 1.11 bits per heavy atom. The zero-order valence-corrected chi connectivity index (χ0v) is 9.85. The Bertz CT molecular complexity index is 777. The fourth-order valence-corrected chi connectivity index (χ4v) is 2.15. The van der Waals surface area contributed by atoms with Gasteiger partial charge in [0.05, 0.1) is 5.56 Å². The lowest BCUT2D eigenvalue weighted by Gasteiger charge is -2.02. The number of fused-ring (bicyclic) bond motifs is 1. The number of carbonyl (C=O) groups is 1. The second-order valence-corrected chi connectivity index (χ2v) is 4.28. The summed E-state index contributed by atoms with van der Waals surface area (Å²) >= 11 is 0. The van der Waals surface area contributed by atoms with Crippen LogP contribution in [0.15, 0.2) is 48.7 Å². The second kappa shape index (κ2) is 4.24. The summed E-state index contributed by atoms with van der Waals surface area (Å²) in [6.07, 6.45) is 1.46. The van der Waals surface area contributed by atoms with Gasteiger partial charge in [-0.2, -0.15) is 0 Å². The molecule has 3 rings (SSSR count). The number of aromatic carboxylic acids is 1. The summed E-state index contributed by atoms with van der Waals surface area (Å²) in [6, 6.07) is 11.6. The second-order valence-electron chi connectivity index (χ2n) is 4.28. The van der Waals surface area contributed by atoms with Gasteiger partial charge in [-0.3, -0.25) is 0 Å². The molecule has 0 saturated carbocycles. The molecular formula is C15H10FNO2. The molecule has 0 aliphatic carbocycles.